The molecule has 4 nitrogen and oxygen atoms in total. The van der Waals surface area contributed by atoms with E-state index in [1.54, 1.807) is 0 Å². The molecule has 25 heavy (non-hydrogen) atoms. The van der Waals surface area contributed by atoms with Gasteiger partial charge in [0.15, 0.2) is 0 Å². The fourth-order valence-corrected chi connectivity index (χ4v) is 4.10. The normalized spacial score (nSPS) is 19.6. The number of benzene rings is 1. The van der Waals surface area contributed by atoms with Crippen LogP contribution in [-0.2, 0) is 11.2 Å². The van der Waals surface area contributed by atoms with Gasteiger partial charge in [0.2, 0.25) is 5.91 Å². The minimum absolute atomic E-state index is 0.0409. The highest BCUT2D eigenvalue weighted by Crippen LogP contribution is 2.31. The molecule has 1 saturated heterocycles. The molecular weight excluding hydrogens is 310 g/mol. The third-order valence-corrected chi connectivity index (χ3v) is 5.66. The highest BCUT2D eigenvalue weighted by Gasteiger charge is 2.25. The molecule has 1 N–H and O–H groups in total. The van der Waals surface area contributed by atoms with Gasteiger partial charge in [-0.05, 0) is 56.0 Å². The number of carbonyl (C=O) groups is 1. The molecule has 2 aliphatic rings. The molecule has 1 atom stereocenters. The lowest BCUT2D eigenvalue weighted by Crippen LogP contribution is -2.41. The lowest BCUT2D eigenvalue weighted by Gasteiger charge is -2.36. The Labute approximate surface area is 152 Å². The van der Waals surface area contributed by atoms with Gasteiger partial charge >= 0.3 is 0 Å². The number of hydrogen-bond acceptors (Lipinski definition) is 3. The zero-order chi connectivity index (χ0) is 17.8. The lowest BCUT2D eigenvalue weighted by atomic mass is 9.95. The summed E-state index contributed by atoms with van der Waals surface area (Å²) in [5.74, 6) is 0.193. The van der Waals surface area contributed by atoms with Gasteiger partial charge in [-0.1, -0.05) is 32.4 Å². The number of likely N-dealkylation sites (tertiary alicyclic amines) is 1. The fraction of sp³-hybridized carbons (Fsp3) is 0.667. The van der Waals surface area contributed by atoms with E-state index in [0.717, 1.165) is 19.6 Å². The maximum Gasteiger partial charge on any atom is 0.222 e. The first-order valence-electron chi connectivity index (χ1n) is 9.92. The van der Waals surface area contributed by atoms with Crippen LogP contribution in [0.25, 0.3) is 0 Å². The molecule has 1 fully saturated rings. The van der Waals surface area contributed by atoms with Gasteiger partial charge in [-0.3, -0.25) is 9.69 Å². The summed E-state index contributed by atoms with van der Waals surface area (Å²) in [6.07, 6.45) is 6.26. The third-order valence-electron chi connectivity index (χ3n) is 5.66. The number of fused-ring (bicyclic) bond motifs is 1. The van der Waals surface area contributed by atoms with Crippen molar-refractivity contribution in [1.82, 2.24) is 10.2 Å². The summed E-state index contributed by atoms with van der Waals surface area (Å²) in [7, 11) is 2.18. The zero-order valence-electron chi connectivity index (χ0n) is 16.1. The van der Waals surface area contributed by atoms with Crippen LogP contribution < -0.4 is 10.2 Å². The minimum atomic E-state index is 0.0409. The van der Waals surface area contributed by atoms with Crippen molar-refractivity contribution in [3.05, 3.63) is 29.3 Å². The number of hydrogen-bond donors (Lipinski definition) is 1. The van der Waals surface area contributed by atoms with Crippen LogP contribution in [0.2, 0.25) is 0 Å². The van der Waals surface area contributed by atoms with E-state index < -0.39 is 0 Å². The highest BCUT2D eigenvalue weighted by atomic mass is 16.1. The molecule has 3 rings (SSSR count). The van der Waals surface area contributed by atoms with Crippen LogP contribution in [0.4, 0.5) is 5.69 Å². The van der Waals surface area contributed by atoms with Crippen LogP contribution >= 0.6 is 0 Å². The largest absolute Gasteiger partial charge is 0.374 e. The standard InChI is InChI=1S/C21H33N3O/c1-16(2)21(25)22-15-20(24-12-5-4-6-13-24)18-9-10-19-17(14-18)8-7-11-23(19)3/h9-10,14,16,20H,4-8,11-13,15H2,1-3H3,(H,22,25)/t20-/m0/s1. The molecule has 0 spiro atoms. The van der Waals surface area contributed by atoms with E-state index >= 15 is 0 Å². The molecule has 0 aliphatic carbocycles. The van der Waals surface area contributed by atoms with Gasteiger partial charge in [0.1, 0.15) is 0 Å². The topological polar surface area (TPSA) is 35.6 Å². The molecule has 0 unspecified atom stereocenters. The van der Waals surface area contributed by atoms with Gasteiger partial charge in [-0.25, -0.2) is 0 Å². The quantitative estimate of drug-likeness (QED) is 0.890. The van der Waals surface area contributed by atoms with Crippen LogP contribution in [0.3, 0.4) is 0 Å². The van der Waals surface area contributed by atoms with Crippen molar-refractivity contribution in [3.63, 3.8) is 0 Å². The Bertz CT molecular complexity index is 593. The molecular formula is C21H33N3O. The first-order valence-corrected chi connectivity index (χ1v) is 9.92. The average Bonchev–Trinajstić information content (AvgIpc) is 2.62. The van der Waals surface area contributed by atoms with E-state index in [4.69, 9.17) is 0 Å². The average molecular weight is 344 g/mol. The van der Waals surface area contributed by atoms with E-state index in [-0.39, 0.29) is 11.8 Å². The van der Waals surface area contributed by atoms with Gasteiger partial charge in [0.25, 0.3) is 0 Å². The van der Waals surface area contributed by atoms with Crippen LogP contribution in [0, 0.1) is 5.92 Å². The Hall–Kier alpha value is -1.55. The summed E-state index contributed by atoms with van der Waals surface area (Å²) in [6, 6.07) is 7.25. The Balaban J connectivity index is 1.81. The molecule has 0 saturated carbocycles. The second-order valence-corrected chi connectivity index (χ2v) is 7.93. The maximum atomic E-state index is 12.1. The van der Waals surface area contributed by atoms with Crippen molar-refractivity contribution in [1.29, 1.82) is 0 Å². The molecule has 0 bridgehead atoms. The van der Waals surface area contributed by atoms with Gasteiger partial charge < -0.3 is 10.2 Å². The molecule has 1 aromatic carbocycles. The number of carbonyl (C=O) groups excluding carboxylic acids is 1. The van der Waals surface area contributed by atoms with E-state index in [9.17, 15) is 4.79 Å². The second-order valence-electron chi connectivity index (χ2n) is 7.93. The molecule has 0 aromatic heterocycles. The second kappa shape index (κ2) is 8.22. The summed E-state index contributed by atoms with van der Waals surface area (Å²) in [6.45, 7) is 8.05. The number of nitrogens with zero attached hydrogens (tertiary/aromatic N) is 2. The first-order chi connectivity index (χ1) is 12.1. The first kappa shape index (κ1) is 18.2. The number of anilines is 1. The molecule has 2 aliphatic heterocycles. The Morgan fingerprint density at radius 2 is 1.88 bits per heavy atom. The fourth-order valence-electron chi connectivity index (χ4n) is 4.10. The van der Waals surface area contributed by atoms with Crippen LogP contribution in [0.1, 0.15) is 56.7 Å². The summed E-state index contributed by atoms with van der Waals surface area (Å²) in [5, 5.41) is 3.18. The van der Waals surface area contributed by atoms with E-state index in [1.165, 1.54) is 48.9 Å². The predicted molar refractivity (Wildman–Crippen MR) is 104 cm³/mol. The number of piperidine rings is 1. The van der Waals surface area contributed by atoms with Crippen LogP contribution in [-0.4, -0.2) is 44.0 Å². The van der Waals surface area contributed by atoms with Crippen molar-refractivity contribution in [2.24, 2.45) is 5.92 Å². The third kappa shape index (κ3) is 4.35. The van der Waals surface area contributed by atoms with Crippen molar-refractivity contribution < 1.29 is 4.79 Å². The van der Waals surface area contributed by atoms with E-state index in [0.29, 0.717) is 12.6 Å². The van der Waals surface area contributed by atoms with E-state index in [1.807, 2.05) is 13.8 Å². The number of rotatable bonds is 5. The van der Waals surface area contributed by atoms with Crippen molar-refractivity contribution in [2.45, 2.75) is 52.0 Å². The van der Waals surface area contributed by atoms with Gasteiger partial charge in [0.05, 0.1) is 6.04 Å². The SMILES string of the molecule is CC(C)C(=O)NC[C@@H](c1ccc2c(c1)CCCN2C)N1CCCCC1. The van der Waals surface area contributed by atoms with Gasteiger partial charge in [0, 0.05) is 31.7 Å². The Morgan fingerprint density at radius 1 is 1.12 bits per heavy atom. The minimum Gasteiger partial charge on any atom is -0.374 e. The van der Waals surface area contributed by atoms with Gasteiger partial charge in [-0.15, -0.1) is 0 Å². The smallest absolute Gasteiger partial charge is 0.222 e. The summed E-state index contributed by atoms with van der Waals surface area (Å²) in [4.78, 5) is 17.0. The molecule has 2 heterocycles. The molecule has 4 heteroatoms. The lowest BCUT2D eigenvalue weighted by molar-refractivity contribution is -0.124. The molecule has 1 aromatic rings. The Morgan fingerprint density at radius 3 is 2.60 bits per heavy atom. The van der Waals surface area contributed by atoms with Crippen molar-refractivity contribution in [3.8, 4) is 0 Å². The summed E-state index contributed by atoms with van der Waals surface area (Å²) < 4.78 is 0. The van der Waals surface area contributed by atoms with Crippen molar-refractivity contribution >= 4 is 11.6 Å². The van der Waals surface area contributed by atoms with Gasteiger partial charge in [-0.2, -0.15) is 0 Å². The molecule has 1 amide bonds. The number of aryl methyl sites for hydroxylation is 1. The zero-order valence-corrected chi connectivity index (χ0v) is 16.1. The predicted octanol–water partition coefficient (Wildman–Crippen LogP) is 3.37. The monoisotopic (exact) mass is 343 g/mol. The number of nitrogens with one attached hydrogen (secondary N) is 1. The van der Waals surface area contributed by atoms with E-state index in [2.05, 4.69) is 40.4 Å². The van der Waals surface area contributed by atoms with Crippen LogP contribution in [0.5, 0.6) is 0 Å². The summed E-state index contributed by atoms with van der Waals surface area (Å²) in [5.41, 5.74) is 4.20. The number of amides is 1. The summed E-state index contributed by atoms with van der Waals surface area (Å²) >= 11 is 0. The molecule has 0 radical (unpaired) electrons. The maximum absolute atomic E-state index is 12.1. The molecule has 138 valence electrons. The van der Waals surface area contributed by atoms with Crippen LogP contribution in [0.15, 0.2) is 18.2 Å². The Kier molecular flexibility index (Phi) is 6.00. The van der Waals surface area contributed by atoms with Crippen molar-refractivity contribution in [2.75, 3.05) is 38.1 Å². The highest BCUT2D eigenvalue weighted by molar-refractivity contribution is 5.77.